The van der Waals surface area contributed by atoms with Gasteiger partial charge in [0.05, 0.1) is 37.4 Å². The van der Waals surface area contributed by atoms with Crippen LogP contribution in [0.4, 0.5) is 0 Å². The topological polar surface area (TPSA) is 69.0 Å². The fourth-order valence-corrected chi connectivity index (χ4v) is 4.84. The van der Waals surface area contributed by atoms with Crippen LogP contribution in [-0.4, -0.2) is 40.6 Å². The number of benzene rings is 2. The second kappa shape index (κ2) is 9.15. The zero-order chi connectivity index (χ0) is 23.7. The molecule has 1 amide bonds. The molecular weight excluding hydrogens is 448 g/mol. The number of ether oxygens (including phenoxy) is 2. The quantitative estimate of drug-likeness (QED) is 0.381. The predicted octanol–water partition coefficient (Wildman–Crippen LogP) is 5.32. The summed E-state index contributed by atoms with van der Waals surface area (Å²) in [4.78, 5) is 12.7. The summed E-state index contributed by atoms with van der Waals surface area (Å²) < 4.78 is 12.7. The molecule has 4 aromatic rings. The van der Waals surface area contributed by atoms with E-state index in [-0.39, 0.29) is 11.9 Å². The molecule has 0 bridgehead atoms. The summed E-state index contributed by atoms with van der Waals surface area (Å²) >= 11 is 1.62. The SMILES string of the molecule is COc1ccc(C2=NN(C(C)=O)[C@H](c3cn(-c4ccccc4)nc3-c3ccsc3)C2)cc1OC. The monoisotopic (exact) mass is 472 g/mol. The van der Waals surface area contributed by atoms with Crippen LogP contribution in [0.1, 0.15) is 30.5 Å². The Labute approximate surface area is 201 Å². The summed E-state index contributed by atoms with van der Waals surface area (Å²) in [5.74, 6) is 1.15. The number of carbonyl (C=O) groups excluding carboxylic acids is 1. The molecule has 0 aliphatic carbocycles. The maximum absolute atomic E-state index is 12.7. The minimum atomic E-state index is -0.270. The third kappa shape index (κ3) is 3.97. The van der Waals surface area contributed by atoms with E-state index in [9.17, 15) is 4.79 Å². The molecule has 7 nitrogen and oxygen atoms in total. The van der Waals surface area contributed by atoms with E-state index >= 15 is 0 Å². The zero-order valence-electron chi connectivity index (χ0n) is 19.1. The Morgan fingerprint density at radius 2 is 1.82 bits per heavy atom. The third-order valence-electron chi connectivity index (χ3n) is 5.87. The molecule has 1 aliphatic rings. The van der Waals surface area contributed by atoms with Crippen LogP contribution in [0, 0.1) is 0 Å². The van der Waals surface area contributed by atoms with Gasteiger partial charge in [-0.3, -0.25) is 4.79 Å². The van der Waals surface area contributed by atoms with Gasteiger partial charge in [-0.25, -0.2) is 9.69 Å². The number of hydrogen-bond donors (Lipinski definition) is 0. The summed E-state index contributed by atoms with van der Waals surface area (Å²) in [5.41, 5.74) is 5.49. The first-order chi connectivity index (χ1) is 16.6. The van der Waals surface area contributed by atoms with Crippen LogP contribution in [0.2, 0.25) is 0 Å². The molecule has 3 heterocycles. The van der Waals surface area contributed by atoms with Crippen molar-refractivity contribution in [2.45, 2.75) is 19.4 Å². The van der Waals surface area contributed by atoms with Crippen molar-refractivity contribution in [3.63, 3.8) is 0 Å². The molecule has 2 aromatic heterocycles. The molecule has 0 radical (unpaired) electrons. The van der Waals surface area contributed by atoms with Crippen LogP contribution in [0.5, 0.6) is 11.5 Å². The Morgan fingerprint density at radius 3 is 2.50 bits per heavy atom. The van der Waals surface area contributed by atoms with Gasteiger partial charge in [0.1, 0.15) is 0 Å². The van der Waals surface area contributed by atoms with E-state index in [0.717, 1.165) is 33.8 Å². The van der Waals surface area contributed by atoms with Gasteiger partial charge in [-0.1, -0.05) is 18.2 Å². The first-order valence-corrected chi connectivity index (χ1v) is 11.8. The molecule has 0 fully saturated rings. The number of methoxy groups -OCH3 is 2. The number of hydrazone groups is 1. The molecule has 2 aromatic carbocycles. The van der Waals surface area contributed by atoms with Crippen molar-refractivity contribution in [1.82, 2.24) is 14.8 Å². The van der Waals surface area contributed by atoms with E-state index in [2.05, 4.69) is 11.4 Å². The Bertz CT molecular complexity index is 1350. The van der Waals surface area contributed by atoms with Crippen LogP contribution >= 0.6 is 11.3 Å². The lowest BCUT2D eigenvalue weighted by atomic mass is 9.97. The highest BCUT2D eigenvalue weighted by Gasteiger charge is 2.35. The molecule has 0 saturated carbocycles. The fraction of sp³-hybridized carbons (Fsp3) is 0.192. The van der Waals surface area contributed by atoms with E-state index in [4.69, 9.17) is 19.7 Å². The van der Waals surface area contributed by atoms with Crippen molar-refractivity contribution in [3.8, 4) is 28.4 Å². The van der Waals surface area contributed by atoms with E-state index in [1.54, 1.807) is 37.5 Å². The van der Waals surface area contributed by atoms with E-state index in [0.29, 0.717) is 17.9 Å². The van der Waals surface area contributed by atoms with Crippen LogP contribution in [-0.2, 0) is 4.79 Å². The number of carbonyl (C=O) groups is 1. The van der Waals surface area contributed by atoms with Crippen molar-refractivity contribution < 1.29 is 14.3 Å². The maximum atomic E-state index is 12.7. The molecule has 5 rings (SSSR count). The van der Waals surface area contributed by atoms with Crippen LogP contribution in [0.15, 0.2) is 76.7 Å². The lowest BCUT2D eigenvalue weighted by Gasteiger charge is -2.20. The average molecular weight is 473 g/mol. The van der Waals surface area contributed by atoms with Gasteiger partial charge in [0.2, 0.25) is 5.91 Å². The molecule has 0 unspecified atom stereocenters. The van der Waals surface area contributed by atoms with E-state index < -0.39 is 0 Å². The Balaban J connectivity index is 1.57. The molecule has 1 aliphatic heterocycles. The van der Waals surface area contributed by atoms with Gasteiger partial charge in [0, 0.05) is 41.6 Å². The summed E-state index contributed by atoms with van der Waals surface area (Å²) in [5, 5.41) is 15.3. The van der Waals surface area contributed by atoms with Gasteiger partial charge < -0.3 is 9.47 Å². The highest BCUT2D eigenvalue weighted by Crippen LogP contribution is 2.39. The van der Waals surface area contributed by atoms with Crippen LogP contribution in [0.3, 0.4) is 0 Å². The molecule has 0 spiro atoms. The Hall–Kier alpha value is -3.91. The number of thiophene rings is 1. The maximum Gasteiger partial charge on any atom is 0.240 e. The predicted molar refractivity (Wildman–Crippen MR) is 133 cm³/mol. The van der Waals surface area contributed by atoms with Gasteiger partial charge in [0.15, 0.2) is 11.5 Å². The van der Waals surface area contributed by atoms with Crippen molar-refractivity contribution in [2.75, 3.05) is 14.2 Å². The summed E-state index contributed by atoms with van der Waals surface area (Å²) in [6.45, 7) is 1.54. The number of aromatic nitrogens is 2. The molecular formula is C26H24N4O3S. The molecule has 172 valence electrons. The summed E-state index contributed by atoms with van der Waals surface area (Å²) in [7, 11) is 3.21. The van der Waals surface area contributed by atoms with Gasteiger partial charge in [-0.05, 0) is 41.8 Å². The number of amides is 1. The minimum Gasteiger partial charge on any atom is -0.493 e. The van der Waals surface area contributed by atoms with Gasteiger partial charge in [-0.15, -0.1) is 0 Å². The molecule has 1 atom stereocenters. The molecule has 0 saturated heterocycles. The normalized spacial score (nSPS) is 15.3. The van der Waals surface area contributed by atoms with Gasteiger partial charge in [-0.2, -0.15) is 21.5 Å². The standard InChI is InChI=1S/C26H24N4O3S/c1-17(31)30-23(14-22(27-30)18-9-10-24(32-2)25(13-18)33-3)21-15-29(20-7-5-4-6-8-20)28-26(21)19-11-12-34-16-19/h4-13,15-16,23H,14H2,1-3H3/t23-/m0/s1. The van der Waals surface area contributed by atoms with Crippen molar-refractivity contribution in [2.24, 2.45) is 5.10 Å². The second-order valence-electron chi connectivity index (χ2n) is 7.93. The zero-order valence-corrected chi connectivity index (χ0v) is 20.0. The van der Waals surface area contributed by atoms with Crippen molar-refractivity contribution >= 4 is 23.0 Å². The second-order valence-corrected chi connectivity index (χ2v) is 8.71. The van der Waals surface area contributed by atoms with Crippen LogP contribution < -0.4 is 9.47 Å². The third-order valence-corrected chi connectivity index (χ3v) is 6.55. The number of hydrogen-bond acceptors (Lipinski definition) is 6. The minimum absolute atomic E-state index is 0.121. The van der Waals surface area contributed by atoms with Crippen molar-refractivity contribution in [3.05, 3.63) is 82.7 Å². The van der Waals surface area contributed by atoms with E-state index in [1.165, 1.54) is 0 Å². The number of para-hydroxylation sites is 1. The highest BCUT2D eigenvalue weighted by atomic mass is 32.1. The highest BCUT2D eigenvalue weighted by molar-refractivity contribution is 7.08. The molecule has 8 heteroatoms. The lowest BCUT2D eigenvalue weighted by Crippen LogP contribution is -2.24. The molecule has 34 heavy (non-hydrogen) atoms. The number of nitrogens with zero attached hydrogens (tertiary/aromatic N) is 4. The Morgan fingerprint density at radius 1 is 1.03 bits per heavy atom. The molecule has 0 N–H and O–H groups in total. The van der Waals surface area contributed by atoms with Crippen molar-refractivity contribution in [1.29, 1.82) is 0 Å². The first-order valence-electron chi connectivity index (χ1n) is 10.9. The number of rotatable bonds is 6. The summed E-state index contributed by atoms with van der Waals surface area (Å²) in [6.07, 6.45) is 2.57. The fourth-order valence-electron chi connectivity index (χ4n) is 4.20. The van der Waals surface area contributed by atoms with Gasteiger partial charge >= 0.3 is 0 Å². The lowest BCUT2D eigenvalue weighted by molar-refractivity contribution is -0.130. The van der Waals surface area contributed by atoms with Gasteiger partial charge in [0.25, 0.3) is 0 Å². The average Bonchev–Trinajstić information content (AvgIpc) is 3.63. The smallest absolute Gasteiger partial charge is 0.240 e. The summed E-state index contributed by atoms with van der Waals surface area (Å²) in [6, 6.07) is 17.4. The van der Waals surface area contributed by atoms with E-state index in [1.807, 2.05) is 64.8 Å². The first kappa shape index (κ1) is 21.9. The Kier molecular flexibility index (Phi) is 5.90. The largest absolute Gasteiger partial charge is 0.493 e. The van der Waals surface area contributed by atoms with Crippen LogP contribution in [0.25, 0.3) is 16.9 Å².